The second-order valence-electron chi connectivity index (χ2n) is 10.6. The Hall–Kier alpha value is -3.19. The zero-order chi connectivity index (χ0) is 27.2. The Balaban J connectivity index is 1.52. The summed E-state index contributed by atoms with van der Waals surface area (Å²) in [6.07, 6.45) is 1.53. The summed E-state index contributed by atoms with van der Waals surface area (Å²) in [5.41, 5.74) is 2.61. The molecule has 2 amide bonds. The van der Waals surface area contributed by atoms with Gasteiger partial charge in [-0.3, -0.25) is 9.59 Å². The van der Waals surface area contributed by atoms with Crippen molar-refractivity contribution in [1.82, 2.24) is 9.80 Å². The summed E-state index contributed by atoms with van der Waals surface area (Å²) < 4.78 is 20.0. The van der Waals surface area contributed by atoms with Crippen LogP contribution in [0, 0.1) is 11.7 Å². The maximum absolute atomic E-state index is 13.8. The third kappa shape index (κ3) is 6.81. The Kier molecular flexibility index (Phi) is 9.21. The van der Waals surface area contributed by atoms with Gasteiger partial charge in [-0.15, -0.1) is 11.3 Å². The SMILES string of the molecule is CC(C)CCN(CC(=O)N1CCc2sccc2[C@@H]1COc1ccc(C(C)C)cc1)C(=O)c1cccc(F)c1. The van der Waals surface area contributed by atoms with Crippen LogP contribution in [-0.4, -0.2) is 47.9 Å². The summed E-state index contributed by atoms with van der Waals surface area (Å²) in [5.74, 6) is 0.649. The Morgan fingerprint density at radius 2 is 1.87 bits per heavy atom. The van der Waals surface area contributed by atoms with Gasteiger partial charge in [-0.25, -0.2) is 4.39 Å². The Morgan fingerprint density at radius 3 is 2.55 bits per heavy atom. The first kappa shape index (κ1) is 27.8. The lowest BCUT2D eigenvalue weighted by Crippen LogP contribution is -2.48. The number of nitrogens with zero attached hydrogens (tertiary/aromatic N) is 2. The Labute approximate surface area is 229 Å². The lowest BCUT2D eigenvalue weighted by Gasteiger charge is -2.37. The van der Waals surface area contributed by atoms with Gasteiger partial charge in [-0.05, 0) is 77.6 Å². The molecule has 0 N–H and O–H groups in total. The first-order valence-corrected chi connectivity index (χ1v) is 14.2. The summed E-state index contributed by atoms with van der Waals surface area (Å²) in [4.78, 5) is 31.7. The molecule has 38 heavy (non-hydrogen) atoms. The van der Waals surface area contributed by atoms with Crippen LogP contribution in [0.4, 0.5) is 4.39 Å². The van der Waals surface area contributed by atoms with Gasteiger partial charge in [0.1, 0.15) is 24.7 Å². The number of carbonyl (C=O) groups is 2. The summed E-state index contributed by atoms with van der Waals surface area (Å²) >= 11 is 1.70. The fourth-order valence-corrected chi connectivity index (χ4v) is 5.65. The maximum atomic E-state index is 13.8. The second-order valence-corrected chi connectivity index (χ2v) is 11.6. The molecule has 5 nitrogen and oxygen atoms in total. The molecule has 0 fully saturated rings. The van der Waals surface area contributed by atoms with E-state index < -0.39 is 5.82 Å². The van der Waals surface area contributed by atoms with Gasteiger partial charge < -0.3 is 14.5 Å². The summed E-state index contributed by atoms with van der Waals surface area (Å²) in [6, 6.07) is 15.6. The van der Waals surface area contributed by atoms with E-state index in [0.717, 1.165) is 24.2 Å². The predicted octanol–water partition coefficient (Wildman–Crippen LogP) is 6.70. The van der Waals surface area contributed by atoms with Crippen LogP contribution < -0.4 is 4.74 Å². The van der Waals surface area contributed by atoms with Crippen LogP contribution in [-0.2, 0) is 11.2 Å². The van der Waals surface area contributed by atoms with Crippen molar-refractivity contribution in [3.8, 4) is 5.75 Å². The van der Waals surface area contributed by atoms with E-state index in [1.54, 1.807) is 22.3 Å². The number of ether oxygens (including phenoxy) is 1. The fourth-order valence-electron chi connectivity index (χ4n) is 4.72. The number of halogens is 1. The zero-order valence-electron chi connectivity index (χ0n) is 22.7. The molecule has 2 heterocycles. The molecule has 0 saturated heterocycles. The van der Waals surface area contributed by atoms with Gasteiger partial charge in [0.05, 0.1) is 6.04 Å². The number of thiophene rings is 1. The van der Waals surface area contributed by atoms with Gasteiger partial charge >= 0.3 is 0 Å². The quantitative estimate of drug-likeness (QED) is 0.290. The number of hydrogen-bond acceptors (Lipinski definition) is 4. The van der Waals surface area contributed by atoms with Crippen molar-refractivity contribution in [2.45, 2.75) is 52.5 Å². The average Bonchev–Trinajstić information content (AvgIpc) is 3.38. The van der Waals surface area contributed by atoms with Crippen molar-refractivity contribution in [3.05, 3.63) is 87.4 Å². The summed E-state index contributed by atoms with van der Waals surface area (Å²) in [5, 5.41) is 2.06. The molecular weight excluding hydrogens is 499 g/mol. The largest absolute Gasteiger partial charge is 0.491 e. The molecule has 2 aromatic carbocycles. The van der Waals surface area contributed by atoms with Crippen molar-refractivity contribution < 1.29 is 18.7 Å². The molecule has 202 valence electrons. The third-order valence-electron chi connectivity index (χ3n) is 7.03. The highest BCUT2D eigenvalue weighted by Crippen LogP contribution is 2.34. The normalized spacial score (nSPS) is 15.0. The van der Waals surface area contributed by atoms with Crippen molar-refractivity contribution >= 4 is 23.2 Å². The molecule has 0 radical (unpaired) electrons. The smallest absolute Gasteiger partial charge is 0.254 e. The van der Waals surface area contributed by atoms with Crippen LogP contribution in [0.25, 0.3) is 0 Å². The molecule has 4 rings (SSSR count). The fraction of sp³-hybridized carbons (Fsp3) is 0.419. The summed E-state index contributed by atoms with van der Waals surface area (Å²) in [7, 11) is 0. The molecule has 1 aromatic heterocycles. The number of fused-ring (bicyclic) bond motifs is 1. The average molecular weight is 537 g/mol. The lowest BCUT2D eigenvalue weighted by atomic mass is 10.00. The molecule has 0 saturated carbocycles. The Morgan fingerprint density at radius 1 is 1.11 bits per heavy atom. The van der Waals surface area contributed by atoms with Crippen molar-refractivity contribution in [1.29, 1.82) is 0 Å². The van der Waals surface area contributed by atoms with Crippen LogP contribution in [0.15, 0.2) is 60.0 Å². The van der Waals surface area contributed by atoms with Crippen LogP contribution in [0.3, 0.4) is 0 Å². The van der Waals surface area contributed by atoms with E-state index in [1.165, 1.54) is 28.6 Å². The van der Waals surface area contributed by atoms with Crippen LogP contribution in [0.1, 0.15) is 72.4 Å². The van der Waals surface area contributed by atoms with E-state index in [4.69, 9.17) is 4.74 Å². The van der Waals surface area contributed by atoms with Crippen molar-refractivity contribution in [2.75, 3.05) is 26.2 Å². The number of amides is 2. The number of rotatable bonds is 10. The maximum Gasteiger partial charge on any atom is 0.254 e. The second kappa shape index (κ2) is 12.6. The minimum absolute atomic E-state index is 0.0544. The summed E-state index contributed by atoms with van der Waals surface area (Å²) in [6.45, 7) is 9.75. The standard InChI is InChI=1S/C31H37FN2O3S/c1-21(2)12-15-33(31(36)24-6-5-7-25(32)18-24)19-30(35)34-16-13-29-27(14-17-38-29)28(34)20-37-26-10-8-23(9-11-26)22(3)4/h5-11,14,17-18,21-22,28H,12-13,15-16,19-20H2,1-4H3/t28-/m0/s1. The highest BCUT2D eigenvalue weighted by atomic mass is 32.1. The van der Waals surface area contributed by atoms with E-state index in [9.17, 15) is 14.0 Å². The first-order chi connectivity index (χ1) is 18.2. The van der Waals surface area contributed by atoms with Gasteiger partial charge in [-0.2, -0.15) is 0 Å². The molecule has 7 heteroatoms. The van der Waals surface area contributed by atoms with Gasteiger partial charge in [0.25, 0.3) is 5.91 Å². The molecule has 0 bridgehead atoms. The van der Waals surface area contributed by atoms with Crippen LogP contribution >= 0.6 is 11.3 Å². The van der Waals surface area contributed by atoms with Gasteiger partial charge in [0, 0.05) is 23.5 Å². The van der Waals surface area contributed by atoms with Crippen LogP contribution in [0.5, 0.6) is 5.75 Å². The van der Waals surface area contributed by atoms with E-state index >= 15 is 0 Å². The zero-order valence-corrected chi connectivity index (χ0v) is 23.5. The van der Waals surface area contributed by atoms with E-state index in [-0.39, 0.29) is 30.0 Å². The highest BCUT2D eigenvalue weighted by Gasteiger charge is 2.33. The topological polar surface area (TPSA) is 49.9 Å². The molecule has 3 aromatic rings. The minimum atomic E-state index is -0.467. The molecule has 1 atom stereocenters. The number of benzene rings is 2. The van der Waals surface area contributed by atoms with E-state index in [2.05, 4.69) is 51.3 Å². The van der Waals surface area contributed by atoms with Crippen molar-refractivity contribution in [3.63, 3.8) is 0 Å². The third-order valence-corrected chi connectivity index (χ3v) is 8.03. The molecule has 1 aliphatic heterocycles. The van der Waals surface area contributed by atoms with E-state index in [1.807, 2.05) is 17.0 Å². The lowest BCUT2D eigenvalue weighted by molar-refractivity contribution is -0.135. The predicted molar refractivity (Wildman–Crippen MR) is 150 cm³/mol. The Bertz CT molecular complexity index is 1240. The first-order valence-electron chi connectivity index (χ1n) is 13.4. The number of carbonyl (C=O) groups excluding carboxylic acids is 2. The molecular formula is C31H37FN2O3S. The van der Waals surface area contributed by atoms with Crippen molar-refractivity contribution in [2.24, 2.45) is 5.92 Å². The van der Waals surface area contributed by atoms with Gasteiger partial charge in [-0.1, -0.05) is 45.9 Å². The van der Waals surface area contributed by atoms with Crippen LogP contribution in [0.2, 0.25) is 0 Å². The highest BCUT2D eigenvalue weighted by molar-refractivity contribution is 7.10. The molecule has 0 spiro atoms. The monoisotopic (exact) mass is 536 g/mol. The minimum Gasteiger partial charge on any atom is -0.491 e. The number of hydrogen-bond donors (Lipinski definition) is 0. The molecule has 1 aliphatic rings. The molecule has 0 aliphatic carbocycles. The van der Waals surface area contributed by atoms with Gasteiger partial charge in [0.15, 0.2) is 0 Å². The molecule has 0 unspecified atom stereocenters. The van der Waals surface area contributed by atoms with E-state index in [0.29, 0.717) is 31.5 Å². The van der Waals surface area contributed by atoms with Gasteiger partial charge in [0.2, 0.25) is 5.91 Å².